The molecule has 0 fully saturated rings. The number of nitrogens with one attached hydrogen (secondary N) is 1. The molecule has 0 saturated heterocycles. The number of halogens is 1. The number of aromatic nitrogens is 2. The molecule has 0 spiro atoms. The summed E-state index contributed by atoms with van der Waals surface area (Å²) in [6.07, 6.45) is 4.09. The van der Waals surface area contributed by atoms with Gasteiger partial charge < -0.3 is 5.32 Å². The van der Waals surface area contributed by atoms with Crippen LogP contribution < -0.4 is 10.9 Å². The summed E-state index contributed by atoms with van der Waals surface area (Å²) in [6.45, 7) is 0.704. The molecule has 5 nitrogen and oxygen atoms in total. The third-order valence-corrected chi connectivity index (χ3v) is 4.20. The summed E-state index contributed by atoms with van der Waals surface area (Å²) in [5.74, 6) is -0.210. The van der Waals surface area contributed by atoms with Crippen LogP contribution in [0.25, 0.3) is 0 Å². The summed E-state index contributed by atoms with van der Waals surface area (Å²) in [5, 5.41) is 7.73. The topological polar surface area (TPSA) is 64.0 Å². The second-order valence-corrected chi connectivity index (χ2v) is 6.09. The van der Waals surface area contributed by atoms with Gasteiger partial charge in [-0.15, -0.1) is 0 Å². The molecule has 2 aromatic rings. The average Bonchev–Trinajstić information content (AvgIpc) is 2.55. The number of carbonyl (C=O) groups excluding carboxylic acids is 1. The Kier molecular flexibility index (Phi) is 4.76. The molecule has 1 N–H and O–H groups in total. The van der Waals surface area contributed by atoms with Crippen molar-refractivity contribution in [2.24, 2.45) is 0 Å². The summed E-state index contributed by atoms with van der Waals surface area (Å²) in [4.78, 5) is 24.1. The van der Waals surface area contributed by atoms with Gasteiger partial charge in [0.1, 0.15) is 0 Å². The number of hydrogen-bond acceptors (Lipinski definition) is 3. The van der Waals surface area contributed by atoms with Crippen molar-refractivity contribution in [3.63, 3.8) is 0 Å². The first-order valence-corrected chi connectivity index (χ1v) is 8.15. The smallest absolute Gasteiger partial charge is 0.267 e. The highest BCUT2D eigenvalue weighted by molar-refractivity contribution is 6.30. The van der Waals surface area contributed by atoms with Crippen molar-refractivity contribution in [2.45, 2.75) is 32.2 Å². The molecule has 1 aromatic heterocycles. The van der Waals surface area contributed by atoms with E-state index < -0.39 is 0 Å². The van der Waals surface area contributed by atoms with E-state index in [1.165, 1.54) is 4.68 Å². The molecule has 0 unspecified atom stereocenters. The van der Waals surface area contributed by atoms with Crippen molar-refractivity contribution in [3.8, 4) is 0 Å². The predicted molar refractivity (Wildman–Crippen MR) is 88.9 cm³/mol. The molecule has 3 rings (SSSR count). The fourth-order valence-corrected chi connectivity index (χ4v) is 2.96. The predicted octanol–water partition coefficient (Wildman–Crippen LogP) is 2.21. The molecule has 1 aliphatic rings. The van der Waals surface area contributed by atoms with Gasteiger partial charge >= 0.3 is 0 Å². The van der Waals surface area contributed by atoms with E-state index in [4.69, 9.17) is 11.6 Å². The Bertz CT molecular complexity index is 786. The summed E-state index contributed by atoms with van der Waals surface area (Å²) < 4.78 is 1.43. The van der Waals surface area contributed by atoms with Crippen molar-refractivity contribution in [1.82, 2.24) is 15.1 Å². The van der Waals surface area contributed by atoms with Crippen LogP contribution in [0.3, 0.4) is 0 Å². The Morgan fingerprint density at radius 3 is 2.91 bits per heavy atom. The van der Waals surface area contributed by atoms with Gasteiger partial charge in [0.2, 0.25) is 0 Å². The van der Waals surface area contributed by atoms with Crippen molar-refractivity contribution in [2.75, 3.05) is 6.54 Å². The monoisotopic (exact) mass is 331 g/mol. The minimum absolute atomic E-state index is 0.109. The maximum atomic E-state index is 12.1. The number of amides is 1. The van der Waals surface area contributed by atoms with Gasteiger partial charge in [-0.2, -0.15) is 5.10 Å². The molecule has 1 aromatic carbocycles. The van der Waals surface area contributed by atoms with E-state index in [-0.39, 0.29) is 11.5 Å². The van der Waals surface area contributed by atoms with Gasteiger partial charge in [-0.1, -0.05) is 17.7 Å². The van der Waals surface area contributed by atoms with Gasteiger partial charge in [0.15, 0.2) is 0 Å². The second-order valence-electron chi connectivity index (χ2n) is 5.65. The normalized spacial score (nSPS) is 13.4. The average molecular weight is 332 g/mol. The van der Waals surface area contributed by atoms with Crippen LogP contribution in [0.2, 0.25) is 5.02 Å². The van der Waals surface area contributed by atoms with Crippen LogP contribution in [0.1, 0.15) is 34.5 Å². The summed E-state index contributed by atoms with van der Waals surface area (Å²) >= 11 is 5.87. The van der Waals surface area contributed by atoms with E-state index in [9.17, 15) is 9.59 Å². The number of nitrogens with zero attached hydrogens (tertiary/aromatic N) is 2. The summed E-state index contributed by atoms with van der Waals surface area (Å²) in [7, 11) is 0. The zero-order chi connectivity index (χ0) is 16.2. The molecule has 0 aliphatic heterocycles. The van der Waals surface area contributed by atoms with Crippen LogP contribution in [-0.2, 0) is 19.4 Å². The maximum absolute atomic E-state index is 12.1. The van der Waals surface area contributed by atoms with E-state index in [1.807, 2.05) is 0 Å². The standard InChI is InChI=1S/C17H18ClN3O2/c18-14-6-3-5-13(10-14)17(23)19-8-9-21-16(22)11-12-4-1-2-7-15(12)20-21/h3,5-6,10-11H,1-2,4,7-9H2,(H,19,23). The molecular formula is C17H18ClN3O2. The first-order valence-electron chi connectivity index (χ1n) is 7.77. The first kappa shape index (κ1) is 15.7. The lowest BCUT2D eigenvalue weighted by Gasteiger charge is -2.16. The molecule has 120 valence electrons. The maximum Gasteiger partial charge on any atom is 0.267 e. The Labute approximate surface area is 139 Å². The van der Waals surface area contributed by atoms with E-state index in [1.54, 1.807) is 30.3 Å². The lowest BCUT2D eigenvalue weighted by molar-refractivity contribution is 0.0951. The number of benzene rings is 1. The Hall–Kier alpha value is -2.14. The molecule has 1 aliphatic carbocycles. The van der Waals surface area contributed by atoms with Crippen LogP contribution in [-0.4, -0.2) is 22.2 Å². The minimum atomic E-state index is -0.210. The number of carbonyl (C=O) groups is 1. The highest BCUT2D eigenvalue weighted by atomic mass is 35.5. The summed E-state index contributed by atoms with van der Waals surface area (Å²) in [6, 6.07) is 8.44. The van der Waals surface area contributed by atoms with Crippen molar-refractivity contribution < 1.29 is 4.79 Å². The lowest BCUT2D eigenvalue weighted by Crippen LogP contribution is -2.33. The number of rotatable bonds is 4. The SMILES string of the molecule is O=C(NCCn1nc2c(cc1=O)CCCC2)c1cccc(Cl)c1. The van der Waals surface area contributed by atoms with Gasteiger partial charge in [0.05, 0.1) is 12.2 Å². The largest absolute Gasteiger partial charge is 0.350 e. The van der Waals surface area contributed by atoms with Crippen LogP contribution in [0.5, 0.6) is 0 Å². The van der Waals surface area contributed by atoms with Crippen molar-refractivity contribution >= 4 is 17.5 Å². The van der Waals surface area contributed by atoms with Crippen LogP contribution in [0, 0.1) is 0 Å². The Morgan fingerprint density at radius 1 is 1.26 bits per heavy atom. The van der Waals surface area contributed by atoms with Crippen LogP contribution in [0.15, 0.2) is 35.1 Å². The van der Waals surface area contributed by atoms with E-state index >= 15 is 0 Å². The second kappa shape index (κ2) is 6.96. The van der Waals surface area contributed by atoms with Crippen molar-refractivity contribution in [3.05, 3.63) is 62.5 Å². The first-order chi connectivity index (χ1) is 11.1. The molecule has 0 atom stereocenters. The molecule has 0 bridgehead atoms. The number of aryl methyl sites for hydroxylation is 2. The van der Waals surface area contributed by atoms with Gasteiger partial charge in [-0.25, -0.2) is 4.68 Å². The molecular weight excluding hydrogens is 314 g/mol. The lowest BCUT2D eigenvalue weighted by atomic mass is 9.97. The zero-order valence-electron chi connectivity index (χ0n) is 12.7. The molecule has 0 radical (unpaired) electrons. The number of hydrogen-bond donors (Lipinski definition) is 1. The Balaban J connectivity index is 1.62. The molecule has 1 heterocycles. The molecule has 0 saturated carbocycles. The van der Waals surface area contributed by atoms with Crippen LogP contribution >= 0.6 is 11.6 Å². The highest BCUT2D eigenvalue weighted by Crippen LogP contribution is 2.16. The molecule has 1 amide bonds. The number of fused-ring (bicyclic) bond motifs is 1. The zero-order valence-corrected chi connectivity index (χ0v) is 13.5. The summed E-state index contributed by atoms with van der Waals surface area (Å²) in [5.41, 5.74) is 2.48. The molecule has 6 heteroatoms. The van der Waals surface area contributed by atoms with Gasteiger partial charge in [0.25, 0.3) is 11.5 Å². The third-order valence-electron chi connectivity index (χ3n) is 3.97. The van der Waals surface area contributed by atoms with E-state index in [0.29, 0.717) is 23.7 Å². The quantitative estimate of drug-likeness (QED) is 0.934. The third kappa shape index (κ3) is 3.79. The Morgan fingerprint density at radius 2 is 2.09 bits per heavy atom. The fraction of sp³-hybridized carbons (Fsp3) is 0.353. The highest BCUT2D eigenvalue weighted by Gasteiger charge is 2.13. The molecule has 23 heavy (non-hydrogen) atoms. The van der Waals surface area contributed by atoms with Crippen LogP contribution in [0.4, 0.5) is 0 Å². The van der Waals surface area contributed by atoms with Crippen molar-refractivity contribution in [1.29, 1.82) is 0 Å². The van der Waals surface area contributed by atoms with Gasteiger partial charge in [-0.05, 0) is 49.4 Å². The van der Waals surface area contributed by atoms with Gasteiger partial charge in [-0.3, -0.25) is 9.59 Å². The fourth-order valence-electron chi connectivity index (χ4n) is 2.77. The van der Waals surface area contributed by atoms with E-state index in [0.717, 1.165) is 36.9 Å². The minimum Gasteiger partial charge on any atom is -0.350 e. The van der Waals surface area contributed by atoms with Gasteiger partial charge in [0, 0.05) is 23.2 Å². The van der Waals surface area contributed by atoms with E-state index in [2.05, 4.69) is 10.4 Å².